The number of hydrogen-bond donors (Lipinski definition) is 2. The molecule has 0 radical (unpaired) electrons. The first-order chi connectivity index (χ1) is 12.4. The maximum Gasteiger partial charge on any atom is 0.335 e. The summed E-state index contributed by atoms with van der Waals surface area (Å²) >= 11 is 0. The van der Waals surface area contributed by atoms with Crippen molar-refractivity contribution in [3.63, 3.8) is 0 Å². The third kappa shape index (κ3) is 3.35. The van der Waals surface area contributed by atoms with Crippen molar-refractivity contribution in [1.29, 1.82) is 0 Å². The summed E-state index contributed by atoms with van der Waals surface area (Å²) in [6.45, 7) is 5.60. The van der Waals surface area contributed by atoms with Crippen LogP contribution in [0, 0.1) is 20.8 Å². The number of carbonyl (C=O) groups is 1. The maximum absolute atomic E-state index is 12.7. The molecule has 2 aromatic carbocycles. The van der Waals surface area contributed by atoms with Crippen LogP contribution >= 0.6 is 0 Å². The van der Waals surface area contributed by atoms with Crippen molar-refractivity contribution in [3.05, 3.63) is 80.8 Å². The van der Waals surface area contributed by atoms with Gasteiger partial charge in [-0.05, 0) is 56.2 Å². The van der Waals surface area contributed by atoms with Crippen molar-refractivity contribution in [3.8, 4) is 5.69 Å². The molecular formula is C20H19N3O3. The van der Waals surface area contributed by atoms with E-state index < -0.39 is 5.97 Å². The van der Waals surface area contributed by atoms with Gasteiger partial charge in [-0.3, -0.25) is 14.9 Å². The summed E-state index contributed by atoms with van der Waals surface area (Å²) in [6.07, 6.45) is 1.48. The Balaban J connectivity index is 2.02. The topological polar surface area (TPSA) is 87.4 Å². The van der Waals surface area contributed by atoms with E-state index in [1.807, 2.05) is 38.1 Å². The van der Waals surface area contributed by atoms with Gasteiger partial charge in [-0.2, -0.15) is 0 Å². The highest BCUT2D eigenvalue weighted by Crippen LogP contribution is 2.20. The number of carboxylic acids is 1. The smallest absolute Gasteiger partial charge is 0.335 e. The molecule has 3 aromatic rings. The first-order valence-corrected chi connectivity index (χ1v) is 8.13. The monoisotopic (exact) mass is 349 g/mol. The van der Waals surface area contributed by atoms with Crippen LogP contribution in [-0.4, -0.2) is 27.1 Å². The molecule has 1 heterocycles. The molecular weight excluding hydrogens is 330 g/mol. The number of aryl methyl sites for hydroxylation is 3. The molecule has 0 atom stereocenters. The van der Waals surface area contributed by atoms with Gasteiger partial charge in [-0.25, -0.2) is 9.48 Å². The Morgan fingerprint density at radius 2 is 1.92 bits per heavy atom. The van der Waals surface area contributed by atoms with Crippen LogP contribution in [0.4, 0.5) is 5.69 Å². The lowest BCUT2D eigenvalue weighted by Crippen LogP contribution is -2.17. The summed E-state index contributed by atoms with van der Waals surface area (Å²) in [4.78, 5) is 28.2. The lowest BCUT2D eigenvalue weighted by molar-refractivity contribution is 0.0697. The zero-order valence-electron chi connectivity index (χ0n) is 14.8. The van der Waals surface area contributed by atoms with E-state index in [0.29, 0.717) is 16.9 Å². The van der Waals surface area contributed by atoms with E-state index in [1.165, 1.54) is 23.0 Å². The number of nitrogens with zero attached hydrogens (tertiary/aromatic N) is 2. The predicted molar refractivity (Wildman–Crippen MR) is 101 cm³/mol. The van der Waals surface area contributed by atoms with E-state index in [2.05, 4.69) is 10.1 Å². The highest BCUT2D eigenvalue weighted by atomic mass is 16.4. The van der Waals surface area contributed by atoms with Crippen molar-refractivity contribution >= 4 is 17.9 Å². The fourth-order valence-electron chi connectivity index (χ4n) is 2.68. The van der Waals surface area contributed by atoms with Gasteiger partial charge in [0.05, 0.1) is 22.5 Å². The van der Waals surface area contributed by atoms with Crippen LogP contribution < -0.4 is 5.56 Å². The van der Waals surface area contributed by atoms with Crippen LogP contribution in [0.15, 0.2) is 52.3 Å². The zero-order chi connectivity index (χ0) is 18.8. The number of aromatic amines is 1. The van der Waals surface area contributed by atoms with Gasteiger partial charge >= 0.3 is 5.97 Å². The second-order valence-electron chi connectivity index (χ2n) is 6.19. The Hall–Kier alpha value is -3.41. The van der Waals surface area contributed by atoms with Crippen LogP contribution in [-0.2, 0) is 0 Å². The van der Waals surface area contributed by atoms with Gasteiger partial charge in [0.25, 0.3) is 5.56 Å². The molecule has 26 heavy (non-hydrogen) atoms. The number of carboxylic acid groups (broad SMARTS) is 1. The van der Waals surface area contributed by atoms with Gasteiger partial charge < -0.3 is 5.11 Å². The van der Waals surface area contributed by atoms with Crippen LogP contribution in [0.5, 0.6) is 0 Å². The number of rotatable bonds is 4. The van der Waals surface area contributed by atoms with Crippen molar-refractivity contribution < 1.29 is 9.90 Å². The average molecular weight is 349 g/mol. The molecule has 0 fully saturated rings. The first-order valence-electron chi connectivity index (χ1n) is 8.13. The van der Waals surface area contributed by atoms with Crippen LogP contribution in [0.1, 0.15) is 32.7 Å². The summed E-state index contributed by atoms with van der Waals surface area (Å²) in [5.74, 6) is -1.01. The molecule has 6 nitrogen and oxygen atoms in total. The molecule has 0 aliphatic rings. The number of aromatic nitrogens is 2. The molecule has 0 unspecified atom stereocenters. The van der Waals surface area contributed by atoms with Crippen molar-refractivity contribution in [2.75, 3.05) is 0 Å². The second kappa shape index (κ2) is 6.84. The van der Waals surface area contributed by atoms with Crippen LogP contribution in [0.2, 0.25) is 0 Å². The van der Waals surface area contributed by atoms with E-state index in [1.54, 1.807) is 13.0 Å². The van der Waals surface area contributed by atoms with Crippen LogP contribution in [0.3, 0.4) is 0 Å². The molecule has 0 spiro atoms. The highest BCUT2D eigenvalue weighted by molar-refractivity contribution is 5.90. The Labute approximate surface area is 150 Å². The zero-order valence-corrected chi connectivity index (χ0v) is 14.8. The SMILES string of the molecule is Cc1cccc(-n2[nH]c(C)c(C=Nc3cc(C(=O)O)ccc3C)c2=O)c1. The predicted octanol–water partition coefficient (Wildman–Crippen LogP) is 3.54. The first kappa shape index (κ1) is 17.4. The van der Waals surface area contributed by atoms with E-state index in [0.717, 1.165) is 16.8 Å². The third-order valence-corrected chi connectivity index (χ3v) is 4.17. The summed E-state index contributed by atoms with van der Waals surface area (Å²) in [5.41, 5.74) is 4.23. The van der Waals surface area contributed by atoms with E-state index in [-0.39, 0.29) is 11.1 Å². The van der Waals surface area contributed by atoms with Gasteiger partial charge in [-0.1, -0.05) is 18.2 Å². The highest BCUT2D eigenvalue weighted by Gasteiger charge is 2.11. The minimum Gasteiger partial charge on any atom is -0.478 e. The lowest BCUT2D eigenvalue weighted by atomic mass is 10.1. The Kier molecular flexibility index (Phi) is 4.58. The quantitative estimate of drug-likeness (QED) is 0.706. The Morgan fingerprint density at radius 1 is 1.15 bits per heavy atom. The van der Waals surface area contributed by atoms with E-state index >= 15 is 0 Å². The molecule has 6 heteroatoms. The van der Waals surface area contributed by atoms with Gasteiger partial charge in [0.2, 0.25) is 0 Å². The van der Waals surface area contributed by atoms with Crippen molar-refractivity contribution in [2.24, 2.45) is 4.99 Å². The van der Waals surface area contributed by atoms with Gasteiger partial charge in [0.15, 0.2) is 0 Å². The second-order valence-corrected chi connectivity index (χ2v) is 6.19. The number of benzene rings is 2. The molecule has 0 amide bonds. The molecule has 3 rings (SSSR count). The molecule has 0 saturated heterocycles. The lowest BCUT2D eigenvalue weighted by Gasteiger charge is -2.02. The molecule has 0 aliphatic heterocycles. The average Bonchev–Trinajstić information content (AvgIpc) is 2.88. The fourth-order valence-corrected chi connectivity index (χ4v) is 2.68. The number of aromatic carboxylic acids is 1. The number of nitrogens with one attached hydrogen (secondary N) is 1. The maximum atomic E-state index is 12.7. The number of hydrogen-bond acceptors (Lipinski definition) is 3. The molecule has 0 bridgehead atoms. The standard InChI is InChI=1S/C20H19N3O3/c1-12-5-4-6-16(9-12)23-19(24)17(14(3)22-23)11-21-18-10-15(20(25)26)8-7-13(18)2/h4-11,22H,1-3H3,(H,25,26). The number of H-pyrrole nitrogens is 1. The van der Waals surface area contributed by atoms with E-state index in [9.17, 15) is 9.59 Å². The molecule has 2 N–H and O–H groups in total. The molecule has 132 valence electrons. The fraction of sp³-hybridized carbons (Fsp3) is 0.150. The Morgan fingerprint density at radius 3 is 2.62 bits per heavy atom. The summed E-state index contributed by atoms with van der Waals surface area (Å²) < 4.78 is 1.48. The number of aliphatic imine (C=N–C) groups is 1. The minimum absolute atomic E-state index is 0.158. The molecule has 0 saturated carbocycles. The van der Waals surface area contributed by atoms with Gasteiger partial charge in [0.1, 0.15) is 0 Å². The van der Waals surface area contributed by atoms with Crippen LogP contribution in [0.25, 0.3) is 5.69 Å². The summed E-state index contributed by atoms with van der Waals surface area (Å²) in [7, 11) is 0. The van der Waals surface area contributed by atoms with Gasteiger partial charge in [0, 0.05) is 11.9 Å². The largest absolute Gasteiger partial charge is 0.478 e. The van der Waals surface area contributed by atoms with Gasteiger partial charge in [-0.15, -0.1) is 0 Å². The van der Waals surface area contributed by atoms with E-state index in [4.69, 9.17) is 5.11 Å². The molecule has 0 aliphatic carbocycles. The minimum atomic E-state index is -1.01. The Bertz CT molecular complexity index is 1070. The molecule has 1 aromatic heterocycles. The van der Waals surface area contributed by atoms with Crippen molar-refractivity contribution in [1.82, 2.24) is 9.78 Å². The third-order valence-electron chi connectivity index (χ3n) is 4.17. The normalized spacial score (nSPS) is 11.2. The summed E-state index contributed by atoms with van der Waals surface area (Å²) in [6, 6.07) is 12.3. The van der Waals surface area contributed by atoms with Crippen molar-refractivity contribution in [2.45, 2.75) is 20.8 Å². The summed E-state index contributed by atoms with van der Waals surface area (Å²) in [5, 5.41) is 12.2.